The molecule has 0 saturated carbocycles. The van der Waals surface area contributed by atoms with Crippen molar-refractivity contribution in [3.8, 4) is 5.75 Å². The summed E-state index contributed by atoms with van der Waals surface area (Å²) >= 11 is 0. The van der Waals surface area contributed by atoms with Crippen molar-refractivity contribution in [2.75, 3.05) is 6.61 Å². The van der Waals surface area contributed by atoms with E-state index in [2.05, 4.69) is 5.32 Å². The van der Waals surface area contributed by atoms with Crippen LogP contribution in [0.1, 0.15) is 31.9 Å². The third kappa shape index (κ3) is 3.22. The molecule has 0 unspecified atom stereocenters. The number of hydrogen-bond donors (Lipinski definition) is 3. The summed E-state index contributed by atoms with van der Waals surface area (Å²) in [6, 6.07) is 7.43. The molecule has 3 heteroatoms. The summed E-state index contributed by atoms with van der Waals surface area (Å²) in [5.41, 5.74) is 0.889. The van der Waals surface area contributed by atoms with Gasteiger partial charge in [-0.15, -0.1) is 0 Å². The van der Waals surface area contributed by atoms with E-state index in [1.54, 1.807) is 12.1 Å². The molecule has 2 atom stereocenters. The highest BCUT2D eigenvalue weighted by Gasteiger charge is 2.14. The Hall–Kier alpha value is -1.06. The molecule has 1 rings (SSSR count). The zero-order valence-electron chi connectivity index (χ0n) is 9.27. The second-order valence-corrected chi connectivity index (χ2v) is 3.77. The van der Waals surface area contributed by atoms with Gasteiger partial charge in [-0.2, -0.15) is 0 Å². The van der Waals surface area contributed by atoms with Gasteiger partial charge in [-0.25, -0.2) is 0 Å². The second-order valence-electron chi connectivity index (χ2n) is 3.77. The first-order valence-corrected chi connectivity index (χ1v) is 5.33. The minimum absolute atomic E-state index is 0.0366. The lowest BCUT2D eigenvalue weighted by Crippen LogP contribution is -2.32. The highest BCUT2D eigenvalue weighted by molar-refractivity contribution is 5.34. The number of aromatic hydroxyl groups is 1. The summed E-state index contributed by atoms with van der Waals surface area (Å²) < 4.78 is 0. The molecule has 3 nitrogen and oxygen atoms in total. The average Bonchev–Trinajstić information content (AvgIpc) is 2.26. The van der Waals surface area contributed by atoms with Crippen LogP contribution in [0.5, 0.6) is 5.75 Å². The molecule has 3 N–H and O–H groups in total. The zero-order valence-corrected chi connectivity index (χ0v) is 9.27. The molecule has 0 heterocycles. The van der Waals surface area contributed by atoms with Crippen molar-refractivity contribution >= 4 is 0 Å². The van der Waals surface area contributed by atoms with E-state index in [0.717, 1.165) is 12.0 Å². The Morgan fingerprint density at radius 1 is 1.33 bits per heavy atom. The normalized spacial score (nSPS) is 14.9. The molecule has 0 aliphatic heterocycles. The van der Waals surface area contributed by atoms with Crippen molar-refractivity contribution in [3.05, 3.63) is 29.8 Å². The van der Waals surface area contributed by atoms with Crippen LogP contribution in [0.25, 0.3) is 0 Å². The van der Waals surface area contributed by atoms with Crippen LogP contribution in [0, 0.1) is 0 Å². The zero-order chi connectivity index (χ0) is 11.3. The summed E-state index contributed by atoms with van der Waals surface area (Å²) in [5.74, 6) is 0.307. The van der Waals surface area contributed by atoms with E-state index in [9.17, 15) is 5.11 Å². The maximum Gasteiger partial charge on any atom is 0.120 e. The quantitative estimate of drug-likeness (QED) is 0.693. The van der Waals surface area contributed by atoms with Gasteiger partial charge in [-0.05, 0) is 19.4 Å². The molecule has 0 fully saturated rings. The molecule has 0 aliphatic rings. The van der Waals surface area contributed by atoms with E-state index in [0.29, 0.717) is 5.75 Å². The van der Waals surface area contributed by atoms with Crippen LogP contribution >= 0.6 is 0 Å². The molecule has 0 bridgehead atoms. The molecule has 0 amide bonds. The standard InChI is InChI=1S/C12H19NO2/c1-3-11(13-9(2)8-14)10-6-4-5-7-12(10)15/h4-7,9,11,13-15H,3,8H2,1-2H3/t9-,11-/m1/s1. The van der Waals surface area contributed by atoms with Gasteiger partial charge in [-0.3, -0.25) is 0 Å². The SMILES string of the molecule is CC[C@@H](N[C@H](C)CO)c1ccccc1O. The molecule has 0 aromatic heterocycles. The Bertz CT molecular complexity index is 301. The predicted molar refractivity (Wildman–Crippen MR) is 60.8 cm³/mol. The number of benzene rings is 1. The Morgan fingerprint density at radius 2 is 2.00 bits per heavy atom. The van der Waals surface area contributed by atoms with Gasteiger partial charge in [0.1, 0.15) is 5.75 Å². The summed E-state index contributed by atoms with van der Waals surface area (Å²) in [7, 11) is 0. The van der Waals surface area contributed by atoms with Gasteiger partial charge >= 0.3 is 0 Å². The van der Waals surface area contributed by atoms with Crippen molar-refractivity contribution in [2.24, 2.45) is 0 Å². The van der Waals surface area contributed by atoms with Crippen molar-refractivity contribution < 1.29 is 10.2 Å². The van der Waals surface area contributed by atoms with Gasteiger partial charge in [-0.1, -0.05) is 25.1 Å². The lowest BCUT2D eigenvalue weighted by atomic mass is 10.0. The van der Waals surface area contributed by atoms with E-state index in [4.69, 9.17) is 5.11 Å². The Balaban J connectivity index is 2.78. The molecule has 0 radical (unpaired) electrons. The fourth-order valence-electron chi connectivity index (χ4n) is 1.61. The van der Waals surface area contributed by atoms with Crippen LogP contribution < -0.4 is 5.32 Å². The fourth-order valence-corrected chi connectivity index (χ4v) is 1.61. The summed E-state index contributed by atoms with van der Waals surface area (Å²) in [6.07, 6.45) is 0.877. The van der Waals surface area contributed by atoms with Gasteiger partial charge < -0.3 is 15.5 Å². The molecule has 0 spiro atoms. The molecule has 15 heavy (non-hydrogen) atoms. The molecule has 0 aliphatic carbocycles. The lowest BCUT2D eigenvalue weighted by Gasteiger charge is -2.22. The Kier molecular flexibility index (Phi) is 4.59. The van der Waals surface area contributed by atoms with Crippen LogP contribution in [-0.4, -0.2) is 22.9 Å². The maximum absolute atomic E-state index is 9.70. The largest absolute Gasteiger partial charge is 0.508 e. The van der Waals surface area contributed by atoms with Gasteiger partial charge in [0, 0.05) is 17.6 Å². The van der Waals surface area contributed by atoms with E-state index in [-0.39, 0.29) is 18.7 Å². The summed E-state index contributed by atoms with van der Waals surface area (Å²) in [6.45, 7) is 4.07. The Labute approximate surface area is 90.8 Å². The maximum atomic E-state index is 9.70. The minimum Gasteiger partial charge on any atom is -0.508 e. The molecule has 1 aromatic rings. The highest BCUT2D eigenvalue weighted by Crippen LogP contribution is 2.25. The van der Waals surface area contributed by atoms with Crippen LogP contribution in [0.3, 0.4) is 0 Å². The van der Waals surface area contributed by atoms with Crippen LogP contribution in [-0.2, 0) is 0 Å². The molecule has 0 saturated heterocycles. The Morgan fingerprint density at radius 3 is 2.53 bits per heavy atom. The molecular weight excluding hydrogens is 190 g/mol. The number of aliphatic hydroxyl groups excluding tert-OH is 1. The van der Waals surface area contributed by atoms with Crippen LogP contribution in [0.4, 0.5) is 0 Å². The third-order valence-corrected chi connectivity index (χ3v) is 2.48. The van der Waals surface area contributed by atoms with Crippen LogP contribution in [0.15, 0.2) is 24.3 Å². The third-order valence-electron chi connectivity index (χ3n) is 2.48. The number of aliphatic hydroxyl groups is 1. The van der Waals surface area contributed by atoms with Gasteiger partial charge in [0.15, 0.2) is 0 Å². The van der Waals surface area contributed by atoms with Crippen LogP contribution in [0.2, 0.25) is 0 Å². The molecule has 1 aromatic carbocycles. The summed E-state index contributed by atoms with van der Waals surface area (Å²) in [4.78, 5) is 0. The van der Waals surface area contributed by atoms with E-state index in [1.807, 2.05) is 26.0 Å². The first-order chi connectivity index (χ1) is 7.19. The smallest absolute Gasteiger partial charge is 0.120 e. The van der Waals surface area contributed by atoms with Gasteiger partial charge in [0.2, 0.25) is 0 Å². The van der Waals surface area contributed by atoms with Crippen molar-refractivity contribution in [1.29, 1.82) is 0 Å². The minimum atomic E-state index is 0.0366. The van der Waals surface area contributed by atoms with Gasteiger partial charge in [0.25, 0.3) is 0 Å². The topological polar surface area (TPSA) is 52.5 Å². The number of nitrogens with one attached hydrogen (secondary N) is 1. The highest BCUT2D eigenvalue weighted by atomic mass is 16.3. The lowest BCUT2D eigenvalue weighted by molar-refractivity contribution is 0.239. The number of phenolic OH excluding ortho intramolecular Hbond substituents is 1. The molecular formula is C12H19NO2. The number of para-hydroxylation sites is 1. The number of phenols is 1. The number of hydrogen-bond acceptors (Lipinski definition) is 3. The first kappa shape index (κ1) is 12.0. The van der Waals surface area contributed by atoms with Crippen molar-refractivity contribution in [2.45, 2.75) is 32.4 Å². The number of rotatable bonds is 5. The molecule has 84 valence electrons. The van der Waals surface area contributed by atoms with Crippen molar-refractivity contribution in [1.82, 2.24) is 5.32 Å². The average molecular weight is 209 g/mol. The monoisotopic (exact) mass is 209 g/mol. The summed E-state index contributed by atoms with van der Waals surface area (Å²) in [5, 5.41) is 21.9. The van der Waals surface area contributed by atoms with Crippen molar-refractivity contribution in [3.63, 3.8) is 0 Å². The van der Waals surface area contributed by atoms with E-state index in [1.165, 1.54) is 0 Å². The fraction of sp³-hybridized carbons (Fsp3) is 0.500. The second kappa shape index (κ2) is 5.73. The predicted octanol–water partition coefficient (Wildman–Crippen LogP) is 1.81. The van der Waals surface area contributed by atoms with Gasteiger partial charge in [0.05, 0.1) is 6.61 Å². The first-order valence-electron chi connectivity index (χ1n) is 5.33. The van der Waals surface area contributed by atoms with E-state index < -0.39 is 0 Å². The van der Waals surface area contributed by atoms with E-state index >= 15 is 0 Å².